The lowest BCUT2D eigenvalue weighted by atomic mass is 10.2. The minimum atomic E-state index is -0.0347. The number of hydrogen-bond donors (Lipinski definition) is 0. The summed E-state index contributed by atoms with van der Waals surface area (Å²) in [4.78, 5) is 10.9. The van der Waals surface area contributed by atoms with Crippen molar-refractivity contribution in [2.75, 3.05) is 18.5 Å². The van der Waals surface area contributed by atoms with E-state index in [0.717, 1.165) is 30.0 Å². The molecule has 2 rings (SSSR count). The third-order valence-electron chi connectivity index (χ3n) is 3.15. The van der Waals surface area contributed by atoms with Gasteiger partial charge in [0.1, 0.15) is 16.8 Å². The van der Waals surface area contributed by atoms with Crippen molar-refractivity contribution < 1.29 is 0 Å². The van der Waals surface area contributed by atoms with Crippen LogP contribution in [0.2, 0.25) is 5.15 Å². The van der Waals surface area contributed by atoms with Gasteiger partial charge in [-0.15, -0.1) is 0 Å². The van der Waals surface area contributed by atoms with Gasteiger partial charge >= 0.3 is 0 Å². The molecule has 0 aromatic carbocycles. The summed E-state index contributed by atoms with van der Waals surface area (Å²) in [6.45, 7) is 4.47. The van der Waals surface area contributed by atoms with Crippen molar-refractivity contribution in [3.8, 4) is 6.07 Å². The van der Waals surface area contributed by atoms with Crippen LogP contribution in [0.4, 0.5) is 5.82 Å². The molecule has 0 spiro atoms. The molecule has 0 aliphatic heterocycles. The molecule has 1 unspecified atom stereocenters. The largest absolute Gasteiger partial charge is 0.358 e. The van der Waals surface area contributed by atoms with Gasteiger partial charge in [0.05, 0.1) is 12.0 Å². The predicted octanol–water partition coefficient (Wildman–Crippen LogP) is 2.91. The van der Waals surface area contributed by atoms with Gasteiger partial charge in [-0.25, -0.2) is 9.97 Å². The van der Waals surface area contributed by atoms with Crippen molar-refractivity contribution in [1.82, 2.24) is 9.97 Å². The van der Waals surface area contributed by atoms with Crippen LogP contribution in [-0.2, 0) is 0 Å². The molecule has 5 heteroatoms. The van der Waals surface area contributed by atoms with Crippen molar-refractivity contribution in [3.05, 3.63) is 16.5 Å². The Labute approximate surface area is 113 Å². The molecule has 1 fully saturated rings. The fourth-order valence-corrected chi connectivity index (χ4v) is 2.10. The van der Waals surface area contributed by atoms with Gasteiger partial charge in [0.15, 0.2) is 0 Å². The topological polar surface area (TPSA) is 52.8 Å². The molecular formula is C13H17ClN4. The third-order valence-corrected chi connectivity index (χ3v) is 3.52. The van der Waals surface area contributed by atoms with Gasteiger partial charge in [-0.2, -0.15) is 5.26 Å². The smallest absolute Gasteiger partial charge is 0.137 e. The van der Waals surface area contributed by atoms with E-state index in [1.165, 1.54) is 0 Å². The van der Waals surface area contributed by atoms with E-state index in [1.807, 2.05) is 25.8 Å². The summed E-state index contributed by atoms with van der Waals surface area (Å²) < 4.78 is 0. The summed E-state index contributed by atoms with van der Waals surface area (Å²) in [6.07, 6.45) is 2.30. The Balaban J connectivity index is 2.28. The summed E-state index contributed by atoms with van der Waals surface area (Å²) in [7, 11) is 1.94. The molecule has 1 saturated carbocycles. The maximum absolute atomic E-state index is 8.87. The second kappa shape index (κ2) is 5.11. The number of nitriles is 1. The van der Waals surface area contributed by atoms with Crippen molar-refractivity contribution in [2.24, 2.45) is 5.92 Å². The van der Waals surface area contributed by atoms with Crippen LogP contribution >= 0.6 is 11.6 Å². The van der Waals surface area contributed by atoms with Crippen LogP contribution in [0.3, 0.4) is 0 Å². The monoisotopic (exact) mass is 264 g/mol. The molecule has 1 heterocycles. The molecule has 0 bridgehead atoms. The molecule has 1 atom stereocenters. The highest BCUT2D eigenvalue weighted by molar-refractivity contribution is 6.30. The number of hydrogen-bond acceptors (Lipinski definition) is 4. The minimum absolute atomic E-state index is 0.0347. The van der Waals surface area contributed by atoms with E-state index in [2.05, 4.69) is 16.0 Å². The van der Waals surface area contributed by atoms with E-state index >= 15 is 0 Å². The van der Waals surface area contributed by atoms with Gasteiger partial charge in [0, 0.05) is 25.1 Å². The Bertz CT molecular complexity index is 490. The second-order valence-corrected chi connectivity index (χ2v) is 5.36. The quantitative estimate of drug-likeness (QED) is 0.785. The summed E-state index contributed by atoms with van der Waals surface area (Å²) in [5.41, 5.74) is 0.883. The van der Waals surface area contributed by atoms with Crippen molar-refractivity contribution >= 4 is 17.4 Å². The van der Waals surface area contributed by atoms with E-state index in [-0.39, 0.29) is 5.92 Å². The second-order valence-electron chi connectivity index (χ2n) is 5.01. The zero-order valence-corrected chi connectivity index (χ0v) is 11.7. The van der Waals surface area contributed by atoms with Crippen molar-refractivity contribution in [3.63, 3.8) is 0 Å². The molecule has 1 aromatic rings. The normalized spacial score (nSPS) is 16.2. The minimum Gasteiger partial charge on any atom is -0.358 e. The molecule has 1 aliphatic rings. The molecule has 0 amide bonds. The first kappa shape index (κ1) is 13.1. The van der Waals surface area contributed by atoms with Crippen LogP contribution in [-0.4, -0.2) is 23.6 Å². The van der Waals surface area contributed by atoms with Crippen LogP contribution in [0.25, 0.3) is 0 Å². The maximum Gasteiger partial charge on any atom is 0.137 e. The Morgan fingerprint density at radius 1 is 1.50 bits per heavy atom. The van der Waals surface area contributed by atoms with Crippen molar-refractivity contribution in [2.45, 2.75) is 32.6 Å². The van der Waals surface area contributed by atoms with Gasteiger partial charge in [-0.3, -0.25) is 0 Å². The van der Waals surface area contributed by atoms with Gasteiger partial charge < -0.3 is 4.90 Å². The molecule has 96 valence electrons. The number of anilines is 1. The number of aromatic nitrogens is 2. The Morgan fingerprint density at radius 2 is 2.17 bits per heavy atom. The number of halogens is 1. The lowest BCUT2D eigenvalue weighted by Gasteiger charge is -2.22. The van der Waals surface area contributed by atoms with Crippen LogP contribution in [0.15, 0.2) is 0 Å². The van der Waals surface area contributed by atoms with Gasteiger partial charge in [0.2, 0.25) is 0 Å². The summed E-state index contributed by atoms with van der Waals surface area (Å²) >= 11 is 6.16. The molecule has 18 heavy (non-hydrogen) atoms. The summed E-state index contributed by atoms with van der Waals surface area (Å²) in [5.74, 6) is 2.13. The lowest BCUT2D eigenvalue weighted by molar-refractivity contribution is 0.704. The first-order chi connectivity index (χ1) is 8.52. The highest BCUT2D eigenvalue weighted by Gasteiger charge is 2.28. The Kier molecular flexibility index (Phi) is 3.72. The fourth-order valence-electron chi connectivity index (χ4n) is 1.93. The first-order valence-corrected chi connectivity index (χ1v) is 6.55. The van der Waals surface area contributed by atoms with E-state index in [4.69, 9.17) is 16.9 Å². The third kappa shape index (κ3) is 2.73. The predicted molar refractivity (Wildman–Crippen MR) is 71.8 cm³/mol. The van der Waals surface area contributed by atoms with Crippen LogP contribution in [0.1, 0.15) is 37.1 Å². The van der Waals surface area contributed by atoms with Crippen LogP contribution in [0, 0.1) is 24.2 Å². The standard InChI is InChI=1S/C13H17ClN4/c1-8(6-15)7-18(3)13-9(2)11(14)16-12(17-13)10-4-5-10/h8,10H,4-5,7H2,1-3H3. The maximum atomic E-state index is 8.87. The zero-order valence-electron chi connectivity index (χ0n) is 10.9. The molecule has 4 nitrogen and oxygen atoms in total. The van der Waals surface area contributed by atoms with Crippen LogP contribution in [0.5, 0.6) is 0 Å². The Morgan fingerprint density at radius 3 is 2.72 bits per heavy atom. The molecule has 1 aliphatic carbocycles. The lowest BCUT2D eigenvalue weighted by Crippen LogP contribution is -2.25. The molecule has 1 aromatic heterocycles. The molecule has 0 saturated heterocycles. The van der Waals surface area contributed by atoms with Gasteiger partial charge in [-0.05, 0) is 26.7 Å². The zero-order chi connectivity index (χ0) is 13.3. The summed E-state index contributed by atoms with van der Waals surface area (Å²) in [6, 6.07) is 2.23. The average Bonchev–Trinajstić information content (AvgIpc) is 3.16. The Hall–Kier alpha value is -1.34. The SMILES string of the molecule is Cc1c(Cl)nc(C2CC2)nc1N(C)CC(C)C#N. The van der Waals surface area contributed by atoms with E-state index in [9.17, 15) is 0 Å². The fraction of sp³-hybridized carbons (Fsp3) is 0.615. The van der Waals surface area contributed by atoms with E-state index in [0.29, 0.717) is 17.6 Å². The number of rotatable bonds is 4. The highest BCUT2D eigenvalue weighted by Crippen LogP contribution is 2.39. The van der Waals surface area contributed by atoms with Gasteiger partial charge in [0.25, 0.3) is 0 Å². The average molecular weight is 265 g/mol. The van der Waals surface area contributed by atoms with Gasteiger partial charge in [-0.1, -0.05) is 11.6 Å². The molecule has 0 radical (unpaired) electrons. The van der Waals surface area contributed by atoms with Crippen molar-refractivity contribution in [1.29, 1.82) is 5.26 Å². The first-order valence-electron chi connectivity index (χ1n) is 6.17. The molecular weight excluding hydrogens is 248 g/mol. The number of nitrogens with zero attached hydrogens (tertiary/aromatic N) is 4. The van der Waals surface area contributed by atoms with E-state index in [1.54, 1.807) is 0 Å². The summed E-state index contributed by atoms with van der Waals surface area (Å²) in [5, 5.41) is 9.40. The molecule has 0 N–H and O–H groups in total. The van der Waals surface area contributed by atoms with E-state index < -0.39 is 0 Å². The highest BCUT2D eigenvalue weighted by atomic mass is 35.5. The van der Waals surface area contributed by atoms with Crippen LogP contribution < -0.4 is 4.90 Å².